The number of hydrogen-bond donors (Lipinski definition) is 3. The Morgan fingerprint density at radius 3 is 2.73 bits per heavy atom. The SMILES string of the molecule is Cc1cc(OC2CN(C(=O)NC3CN(c4ncc(CO)cn4)C3)C2)c2nc[nH]c2c1. The van der Waals surface area contributed by atoms with E-state index in [0.29, 0.717) is 37.7 Å². The van der Waals surface area contributed by atoms with Gasteiger partial charge in [-0.25, -0.2) is 19.7 Å². The summed E-state index contributed by atoms with van der Waals surface area (Å²) in [5.74, 6) is 1.36. The fourth-order valence-corrected chi connectivity index (χ4v) is 3.70. The van der Waals surface area contributed by atoms with Gasteiger partial charge in [0.1, 0.15) is 17.4 Å². The van der Waals surface area contributed by atoms with Gasteiger partial charge in [-0.15, -0.1) is 0 Å². The largest absolute Gasteiger partial charge is 0.484 e. The fourth-order valence-electron chi connectivity index (χ4n) is 3.70. The maximum absolute atomic E-state index is 12.4. The number of H-pyrrole nitrogens is 1. The minimum atomic E-state index is -0.0785. The van der Waals surface area contributed by atoms with Crippen LogP contribution in [0, 0.1) is 6.92 Å². The van der Waals surface area contributed by atoms with Crippen LogP contribution in [0.15, 0.2) is 30.9 Å². The number of aromatic amines is 1. The Hall–Kier alpha value is -3.40. The number of nitrogens with one attached hydrogen (secondary N) is 2. The topological polar surface area (TPSA) is 120 Å². The lowest BCUT2D eigenvalue weighted by Gasteiger charge is -2.43. The molecule has 3 N–H and O–H groups in total. The summed E-state index contributed by atoms with van der Waals surface area (Å²) < 4.78 is 6.08. The van der Waals surface area contributed by atoms with Gasteiger partial charge >= 0.3 is 6.03 Å². The lowest BCUT2D eigenvalue weighted by Crippen LogP contribution is -2.65. The lowest BCUT2D eigenvalue weighted by molar-refractivity contribution is 0.0439. The van der Waals surface area contributed by atoms with Crippen molar-refractivity contribution in [2.45, 2.75) is 25.7 Å². The highest BCUT2D eigenvalue weighted by atomic mass is 16.5. The van der Waals surface area contributed by atoms with Crippen LogP contribution in [0.1, 0.15) is 11.1 Å². The van der Waals surface area contributed by atoms with Crippen LogP contribution in [-0.2, 0) is 6.61 Å². The van der Waals surface area contributed by atoms with E-state index in [9.17, 15) is 4.79 Å². The third kappa shape index (κ3) is 3.50. The number of anilines is 1. The average Bonchev–Trinajstić information content (AvgIpc) is 3.15. The second kappa shape index (κ2) is 7.45. The number of nitrogens with zero attached hydrogens (tertiary/aromatic N) is 5. The number of benzene rings is 1. The summed E-state index contributed by atoms with van der Waals surface area (Å²) in [5, 5.41) is 12.1. The maximum Gasteiger partial charge on any atom is 0.317 e. The van der Waals surface area contributed by atoms with Gasteiger partial charge in [0, 0.05) is 31.0 Å². The van der Waals surface area contributed by atoms with Crippen molar-refractivity contribution < 1.29 is 14.6 Å². The van der Waals surface area contributed by atoms with Crippen LogP contribution in [0.25, 0.3) is 11.0 Å². The quantitative estimate of drug-likeness (QED) is 0.571. The molecule has 0 radical (unpaired) electrons. The van der Waals surface area contributed by atoms with Gasteiger partial charge in [0.25, 0.3) is 0 Å². The summed E-state index contributed by atoms with van der Waals surface area (Å²) in [4.78, 5) is 32.1. The number of aryl methyl sites for hydroxylation is 1. The predicted molar refractivity (Wildman–Crippen MR) is 109 cm³/mol. The first-order chi connectivity index (χ1) is 14.6. The van der Waals surface area contributed by atoms with Crippen LogP contribution < -0.4 is 15.0 Å². The van der Waals surface area contributed by atoms with E-state index in [4.69, 9.17) is 9.84 Å². The summed E-state index contributed by atoms with van der Waals surface area (Å²) in [5.41, 5.74) is 3.54. The minimum Gasteiger partial charge on any atom is -0.484 e. The number of ether oxygens (including phenoxy) is 1. The Labute approximate surface area is 172 Å². The Balaban J connectivity index is 1.09. The Kier molecular flexibility index (Phi) is 4.62. The molecule has 0 aliphatic carbocycles. The van der Waals surface area contributed by atoms with E-state index in [1.165, 1.54) is 0 Å². The summed E-state index contributed by atoms with van der Waals surface area (Å²) in [6.07, 6.45) is 4.85. The van der Waals surface area contributed by atoms with Crippen molar-refractivity contribution in [2.24, 2.45) is 0 Å². The molecule has 1 aromatic carbocycles. The van der Waals surface area contributed by atoms with Gasteiger partial charge in [0.15, 0.2) is 0 Å². The molecule has 10 heteroatoms. The number of amides is 2. The molecule has 2 aliphatic heterocycles. The molecule has 3 aromatic rings. The number of fused-ring (bicyclic) bond motifs is 1. The second-order valence-corrected chi connectivity index (χ2v) is 7.81. The molecule has 2 aromatic heterocycles. The van der Waals surface area contributed by atoms with Crippen molar-refractivity contribution in [3.05, 3.63) is 42.0 Å². The van der Waals surface area contributed by atoms with E-state index in [-0.39, 0.29) is 24.8 Å². The fraction of sp³-hybridized carbons (Fsp3) is 0.400. The zero-order chi connectivity index (χ0) is 20.7. The molecule has 0 atom stereocenters. The van der Waals surface area contributed by atoms with Gasteiger partial charge < -0.3 is 29.9 Å². The molecule has 0 bridgehead atoms. The number of carbonyl (C=O) groups is 1. The van der Waals surface area contributed by atoms with E-state index in [0.717, 1.165) is 22.3 Å². The molecular weight excluding hydrogens is 386 g/mol. The number of aliphatic hydroxyl groups is 1. The molecule has 156 valence electrons. The van der Waals surface area contributed by atoms with E-state index in [2.05, 4.69) is 25.3 Å². The first-order valence-corrected chi connectivity index (χ1v) is 9.91. The first kappa shape index (κ1) is 18.6. The molecule has 0 spiro atoms. The molecule has 2 fully saturated rings. The van der Waals surface area contributed by atoms with Crippen LogP contribution >= 0.6 is 0 Å². The Morgan fingerprint density at radius 2 is 2.00 bits per heavy atom. The highest BCUT2D eigenvalue weighted by Crippen LogP contribution is 2.27. The van der Waals surface area contributed by atoms with Gasteiger partial charge in [0.05, 0.1) is 37.6 Å². The number of rotatable bonds is 5. The maximum atomic E-state index is 12.4. The van der Waals surface area contributed by atoms with Gasteiger partial charge in [-0.2, -0.15) is 0 Å². The van der Waals surface area contributed by atoms with Crippen LogP contribution in [0.3, 0.4) is 0 Å². The Bertz CT molecular complexity index is 1060. The highest BCUT2D eigenvalue weighted by Gasteiger charge is 2.36. The summed E-state index contributed by atoms with van der Waals surface area (Å²) in [7, 11) is 0. The van der Waals surface area contributed by atoms with Gasteiger partial charge in [0.2, 0.25) is 5.95 Å². The van der Waals surface area contributed by atoms with Crippen molar-refractivity contribution in [1.82, 2.24) is 30.2 Å². The van der Waals surface area contributed by atoms with Crippen molar-refractivity contribution >= 4 is 23.0 Å². The number of hydrogen-bond acceptors (Lipinski definition) is 7. The Morgan fingerprint density at radius 1 is 1.23 bits per heavy atom. The first-order valence-electron chi connectivity index (χ1n) is 9.91. The number of carbonyl (C=O) groups excluding carboxylic acids is 1. The van der Waals surface area contributed by atoms with Crippen LogP contribution in [0.4, 0.5) is 10.7 Å². The van der Waals surface area contributed by atoms with Crippen molar-refractivity contribution in [3.63, 3.8) is 0 Å². The van der Waals surface area contributed by atoms with Crippen molar-refractivity contribution in [2.75, 3.05) is 31.1 Å². The third-order valence-electron chi connectivity index (χ3n) is 5.43. The molecule has 2 aliphatic rings. The van der Waals surface area contributed by atoms with E-state index < -0.39 is 0 Å². The number of imidazole rings is 1. The number of aromatic nitrogens is 4. The molecule has 2 amide bonds. The summed E-state index contributed by atoms with van der Waals surface area (Å²) in [6, 6.07) is 4.00. The molecule has 30 heavy (non-hydrogen) atoms. The molecule has 0 unspecified atom stereocenters. The summed E-state index contributed by atoms with van der Waals surface area (Å²) in [6.45, 7) is 4.37. The molecular formula is C20H23N7O3. The van der Waals surface area contributed by atoms with Crippen LogP contribution in [-0.4, -0.2) is 74.3 Å². The molecule has 4 heterocycles. The number of urea groups is 1. The molecule has 5 rings (SSSR count). The smallest absolute Gasteiger partial charge is 0.317 e. The second-order valence-electron chi connectivity index (χ2n) is 7.81. The lowest BCUT2D eigenvalue weighted by atomic mass is 10.1. The van der Waals surface area contributed by atoms with E-state index in [1.54, 1.807) is 23.6 Å². The molecule has 0 saturated carbocycles. The van der Waals surface area contributed by atoms with Crippen LogP contribution in [0.2, 0.25) is 0 Å². The normalized spacial score (nSPS) is 17.0. The van der Waals surface area contributed by atoms with Crippen molar-refractivity contribution in [3.8, 4) is 5.75 Å². The van der Waals surface area contributed by atoms with Gasteiger partial charge in [-0.3, -0.25) is 0 Å². The zero-order valence-electron chi connectivity index (χ0n) is 16.6. The number of likely N-dealkylation sites (tertiary alicyclic amines) is 1. The zero-order valence-corrected chi connectivity index (χ0v) is 16.6. The minimum absolute atomic E-state index is 0.0335. The third-order valence-corrected chi connectivity index (χ3v) is 5.43. The van der Waals surface area contributed by atoms with Crippen molar-refractivity contribution in [1.29, 1.82) is 0 Å². The van der Waals surface area contributed by atoms with Gasteiger partial charge in [-0.05, 0) is 24.6 Å². The average molecular weight is 409 g/mol. The molecule has 2 saturated heterocycles. The highest BCUT2D eigenvalue weighted by molar-refractivity contribution is 5.82. The van der Waals surface area contributed by atoms with E-state index >= 15 is 0 Å². The predicted octanol–water partition coefficient (Wildman–Crippen LogP) is 0.815. The van der Waals surface area contributed by atoms with Gasteiger partial charge in [-0.1, -0.05) is 0 Å². The standard InChI is InChI=1S/C20H23N7O3/c1-12-2-16-18(24-11-23-16)17(3-12)30-15-8-27(9-15)20(29)25-14-6-26(7-14)19-21-4-13(10-28)5-22-19/h2-5,11,14-15,28H,6-10H2,1H3,(H,23,24)(H,25,29). The van der Waals surface area contributed by atoms with Crippen LogP contribution in [0.5, 0.6) is 5.75 Å². The number of aliphatic hydroxyl groups excluding tert-OH is 1. The monoisotopic (exact) mass is 409 g/mol. The summed E-state index contributed by atoms with van der Waals surface area (Å²) >= 11 is 0. The molecule has 10 nitrogen and oxygen atoms in total. The van der Waals surface area contributed by atoms with E-state index in [1.807, 2.05) is 24.0 Å².